The molecule has 1 nitrogen and oxygen atoms in total. The van der Waals surface area contributed by atoms with Crippen molar-refractivity contribution in [1.82, 2.24) is 5.32 Å². The molecule has 1 fully saturated rings. The smallest absolute Gasteiger partial charge is 0.000826 e. The first kappa shape index (κ1) is 8.06. The molecule has 10 heavy (non-hydrogen) atoms. The Morgan fingerprint density at radius 3 is 2.50 bits per heavy atom. The summed E-state index contributed by atoms with van der Waals surface area (Å²) >= 11 is 0. The van der Waals surface area contributed by atoms with Gasteiger partial charge in [-0.25, -0.2) is 0 Å². The van der Waals surface area contributed by atoms with Crippen LogP contribution >= 0.6 is 0 Å². The van der Waals surface area contributed by atoms with E-state index in [1.807, 2.05) is 0 Å². The molecule has 1 aliphatic rings. The molecule has 0 spiro atoms. The van der Waals surface area contributed by atoms with Gasteiger partial charge in [0, 0.05) is 0 Å². The van der Waals surface area contributed by atoms with Crippen molar-refractivity contribution in [3.05, 3.63) is 0 Å². The van der Waals surface area contributed by atoms with Gasteiger partial charge >= 0.3 is 0 Å². The molecule has 0 saturated carbocycles. The van der Waals surface area contributed by atoms with Gasteiger partial charge in [-0.15, -0.1) is 0 Å². The van der Waals surface area contributed by atoms with Crippen LogP contribution < -0.4 is 5.32 Å². The Balaban J connectivity index is 1.76. The van der Waals surface area contributed by atoms with Crippen LogP contribution in [0.1, 0.15) is 39.0 Å². The minimum absolute atomic E-state index is 1.02. The monoisotopic (exact) mass is 141 g/mol. The van der Waals surface area contributed by atoms with Crippen molar-refractivity contribution in [3.63, 3.8) is 0 Å². The fourth-order valence-electron chi connectivity index (χ4n) is 1.41. The van der Waals surface area contributed by atoms with Crippen LogP contribution in [0.25, 0.3) is 0 Å². The van der Waals surface area contributed by atoms with Gasteiger partial charge in [-0.1, -0.05) is 32.6 Å². The second-order valence-corrected chi connectivity index (χ2v) is 3.37. The largest absolute Gasteiger partial charge is 0.316 e. The molecule has 0 atom stereocenters. The normalized spacial score (nSPS) is 18.9. The summed E-state index contributed by atoms with van der Waals surface area (Å²) in [6.07, 6.45) is 7.17. The topological polar surface area (TPSA) is 12.0 Å². The zero-order valence-corrected chi connectivity index (χ0v) is 7.03. The van der Waals surface area contributed by atoms with E-state index in [2.05, 4.69) is 12.2 Å². The van der Waals surface area contributed by atoms with Crippen molar-refractivity contribution in [2.24, 2.45) is 5.92 Å². The molecule has 1 aliphatic heterocycles. The Kier molecular flexibility index (Phi) is 3.81. The Bertz CT molecular complexity index is 76.8. The Morgan fingerprint density at radius 1 is 1.20 bits per heavy atom. The Labute approximate surface area is 64.2 Å². The summed E-state index contributed by atoms with van der Waals surface area (Å²) in [4.78, 5) is 0. The van der Waals surface area contributed by atoms with Gasteiger partial charge in [0.2, 0.25) is 0 Å². The molecule has 1 rings (SSSR count). The van der Waals surface area contributed by atoms with Crippen molar-refractivity contribution < 1.29 is 0 Å². The number of rotatable bonds is 5. The Hall–Kier alpha value is -0.0400. The first-order chi connectivity index (χ1) is 4.93. The average Bonchev–Trinajstić information content (AvgIpc) is 1.84. The predicted molar refractivity (Wildman–Crippen MR) is 45.1 cm³/mol. The zero-order chi connectivity index (χ0) is 7.23. The lowest BCUT2D eigenvalue weighted by molar-refractivity contribution is 0.316. The van der Waals surface area contributed by atoms with E-state index in [0.717, 1.165) is 5.92 Å². The molecule has 1 heterocycles. The highest BCUT2D eigenvalue weighted by molar-refractivity contribution is 4.73. The van der Waals surface area contributed by atoms with E-state index in [4.69, 9.17) is 0 Å². The second-order valence-electron chi connectivity index (χ2n) is 3.37. The molecular formula is C9H19N. The molecule has 0 aromatic heterocycles. The summed E-state index contributed by atoms with van der Waals surface area (Å²) in [5.41, 5.74) is 0. The molecule has 0 bridgehead atoms. The van der Waals surface area contributed by atoms with Crippen molar-refractivity contribution in [2.75, 3.05) is 13.1 Å². The van der Waals surface area contributed by atoms with Gasteiger partial charge in [0.1, 0.15) is 0 Å². The molecule has 1 N–H and O–H groups in total. The van der Waals surface area contributed by atoms with Crippen LogP contribution in [0.4, 0.5) is 0 Å². The van der Waals surface area contributed by atoms with E-state index in [0.29, 0.717) is 0 Å². The van der Waals surface area contributed by atoms with Crippen LogP contribution in [-0.4, -0.2) is 13.1 Å². The summed E-state index contributed by atoms with van der Waals surface area (Å²) in [6.45, 7) is 4.84. The molecule has 0 unspecified atom stereocenters. The van der Waals surface area contributed by atoms with Crippen molar-refractivity contribution >= 4 is 0 Å². The fourth-order valence-corrected chi connectivity index (χ4v) is 1.41. The van der Waals surface area contributed by atoms with Crippen LogP contribution in [0.2, 0.25) is 0 Å². The minimum Gasteiger partial charge on any atom is -0.316 e. The first-order valence-corrected chi connectivity index (χ1v) is 4.64. The lowest BCUT2D eigenvalue weighted by Gasteiger charge is -2.26. The number of hydrogen-bond donors (Lipinski definition) is 1. The SMILES string of the molecule is CCCCCCC1CNC1. The molecule has 0 aromatic carbocycles. The second kappa shape index (κ2) is 4.73. The maximum Gasteiger partial charge on any atom is -0.000826 e. The lowest BCUT2D eigenvalue weighted by Crippen LogP contribution is -2.41. The number of hydrogen-bond acceptors (Lipinski definition) is 1. The van der Waals surface area contributed by atoms with Gasteiger partial charge in [-0.05, 0) is 25.4 Å². The van der Waals surface area contributed by atoms with Crippen LogP contribution in [-0.2, 0) is 0 Å². The standard InChI is InChI=1S/C9H19N/c1-2-3-4-5-6-9-7-10-8-9/h9-10H,2-8H2,1H3. The molecule has 0 amide bonds. The fraction of sp³-hybridized carbons (Fsp3) is 1.00. The van der Waals surface area contributed by atoms with Gasteiger partial charge in [0.05, 0.1) is 0 Å². The minimum atomic E-state index is 1.02. The number of unbranched alkanes of at least 4 members (excludes halogenated alkanes) is 3. The van der Waals surface area contributed by atoms with E-state index in [1.165, 1.54) is 45.2 Å². The quantitative estimate of drug-likeness (QED) is 0.579. The zero-order valence-electron chi connectivity index (χ0n) is 7.03. The van der Waals surface area contributed by atoms with Crippen LogP contribution in [0.15, 0.2) is 0 Å². The first-order valence-electron chi connectivity index (χ1n) is 4.64. The van der Waals surface area contributed by atoms with E-state index < -0.39 is 0 Å². The third-order valence-corrected chi connectivity index (χ3v) is 2.33. The Morgan fingerprint density at radius 2 is 2.00 bits per heavy atom. The average molecular weight is 141 g/mol. The van der Waals surface area contributed by atoms with Crippen molar-refractivity contribution in [1.29, 1.82) is 0 Å². The van der Waals surface area contributed by atoms with Crippen molar-refractivity contribution in [2.45, 2.75) is 39.0 Å². The molecule has 1 heteroatoms. The molecule has 0 aliphatic carbocycles. The summed E-state index contributed by atoms with van der Waals surface area (Å²) in [7, 11) is 0. The summed E-state index contributed by atoms with van der Waals surface area (Å²) < 4.78 is 0. The molecule has 1 saturated heterocycles. The van der Waals surface area contributed by atoms with E-state index in [9.17, 15) is 0 Å². The van der Waals surface area contributed by atoms with Crippen LogP contribution in [0.5, 0.6) is 0 Å². The molecule has 60 valence electrons. The van der Waals surface area contributed by atoms with Gasteiger partial charge in [-0.2, -0.15) is 0 Å². The predicted octanol–water partition coefficient (Wildman–Crippen LogP) is 2.18. The lowest BCUT2D eigenvalue weighted by atomic mass is 9.96. The van der Waals surface area contributed by atoms with Crippen molar-refractivity contribution in [3.8, 4) is 0 Å². The molecular weight excluding hydrogens is 122 g/mol. The van der Waals surface area contributed by atoms with Gasteiger partial charge < -0.3 is 5.32 Å². The molecule has 0 aromatic rings. The summed E-state index contributed by atoms with van der Waals surface area (Å²) in [6, 6.07) is 0. The highest BCUT2D eigenvalue weighted by Crippen LogP contribution is 2.13. The summed E-state index contributed by atoms with van der Waals surface area (Å²) in [5, 5.41) is 3.30. The van der Waals surface area contributed by atoms with E-state index >= 15 is 0 Å². The van der Waals surface area contributed by atoms with Crippen LogP contribution in [0.3, 0.4) is 0 Å². The van der Waals surface area contributed by atoms with Gasteiger partial charge in [0.25, 0.3) is 0 Å². The van der Waals surface area contributed by atoms with Gasteiger partial charge in [0.15, 0.2) is 0 Å². The molecule has 0 radical (unpaired) electrons. The third kappa shape index (κ3) is 2.70. The highest BCUT2D eigenvalue weighted by atomic mass is 14.9. The van der Waals surface area contributed by atoms with Gasteiger partial charge in [-0.3, -0.25) is 0 Å². The van der Waals surface area contributed by atoms with Crippen LogP contribution in [0, 0.1) is 5.92 Å². The third-order valence-electron chi connectivity index (χ3n) is 2.33. The van der Waals surface area contributed by atoms with E-state index in [-0.39, 0.29) is 0 Å². The highest BCUT2D eigenvalue weighted by Gasteiger charge is 2.14. The maximum absolute atomic E-state index is 3.30. The number of nitrogens with one attached hydrogen (secondary N) is 1. The summed E-state index contributed by atoms with van der Waals surface area (Å²) in [5.74, 6) is 1.02. The maximum atomic E-state index is 3.30. The van der Waals surface area contributed by atoms with E-state index in [1.54, 1.807) is 0 Å².